The first-order chi connectivity index (χ1) is 6.81. The van der Waals surface area contributed by atoms with Crippen molar-refractivity contribution >= 4 is 17.1 Å². The Morgan fingerprint density at radius 1 is 1.43 bits per heavy atom. The summed E-state index contributed by atoms with van der Waals surface area (Å²) >= 11 is 0. The van der Waals surface area contributed by atoms with E-state index >= 15 is 0 Å². The third-order valence-electron chi connectivity index (χ3n) is 1.67. The summed E-state index contributed by atoms with van der Waals surface area (Å²) in [4.78, 5) is 19.0. The van der Waals surface area contributed by atoms with Crippen molar-refractivity contribution in [3.05, 3.63) is 24.2 Å². The number of pyridine rings is 1. The van der Waals surface area contributed by atoms with Gasteiger partial charge in [0.2, 0.25) is 0 Å². The minimum absolute atomic E-state index is 0.348. The van der Waals surface area contributed by atoms with Gasteiger partial charge in [-0.3, -0.25) is 0 Å². The van der Waals surface area contributed by atoms with E-state index < -0.39 is 5.97 Å². The van der Waals surface area contributed by atoms with Crippen LogP contribution in [0.15, 0.2) is 18.6 Å². The van der Waals surface area contributed by atoms with Crippen molar-refractivity contribution in [2.24, 2.45) is 0 Å². The molecule has 2 heterocycles. The van der Waals surface area contributed by atoms with Gasteiger partial charge in [0.1, 0.15) is 11.8 Å². The van der Waals surface area contributed by atoms with E-state index in [0.717, 1.165) is 0 Å². The van der Waals surface area contributed by atoms with Gasteiger partial charge in [-0.25, -0.2) is 14.8 Å². The van der Waals surface area contributed by atoms with Gasteiger partial charge in [-0.1, -0.05) is 0 Å². The number of nitrogens with zero attached hydrogens (tertiary/aromatic N) is 4. The molecule has 0 saturated carbocycles. The molecule has 0 unspecified atom stereocenters. The fraction of sp³-hybridized carbons (Fsp3) is 0.125. The van der Waals surface area contributed by atoms with Crippen LogP contribution in [0.1, 0.15) is 10.4 Å². The summed E-state index contributed by atoms with van der Waals surface area (Å²) in [5.74, 6) is -0.446. The molecule has 14 heavy (non-hydrogen) atoms. The molecule has 2 aromatic heterocycles. The molecule has 0 N–H and O–H groups in total. The largest absolute Gasteiger partial charge is 0.465 e. The number of carbonyl (C=O) groups excluding carboxylic acids is 1. The molecule has 0 aromatic carbocycles. The fourth-order valence-corrected chi connectivity index (χ4v) is 1.02. The summed E-state index contributed by atoms with van der Waals surface area (Å²) < 4.78 is 4.54. The van der Waals surface area contributed by atoms with Crippen LogP contribution in [0, 0.1) is 0 Å². The third-order valence-corrected chi connectivity index (χ3v) is 1.67. The van der Waals surface area contributed by atoms with E-state index in [9.17, 15) is 4.79 Å². The number of methoxy groups -OCH3 is 1. The maximum atomic E-state index is 11.1. The van der Waals surface area contributed by atoms with Crippen LogP contribution in [0.5, 0.6) is 0 Å². The summed E-state index contributed by atoms with van der Waals surface area (Å²) in [5, 5.41) is 7.30. The molecule has 0 aliphatic carbocycles. The van der Waals surface area contributed by atoms with Crippen molar-refractivity contribution in [2.75, 3.05) is 7.11 Å². The molecule has 0 radical (unpaired) electrons. The number of fused-ring (bicyclic) bond motifs is 1. The van der Waals surface area contributed by atoms with Crippen molar-refractivity contribution < 1.29 is 9.53 Å². The lowest BCUT2D eigenvalue weighted by atomic mass is 10.3. The molecule has 2 rings (SSSR count). The number of hydrogen-bond acceptors (Lipinski definition) is 6. The molecular formula is C8H6N4O2. The average molecular weight is 190 g/mol. The summed E-state index contributed by atoms with van der Waals surface area (Å²) in [6, 6.07) is 1.56. The second-order valence-electron chi connectivity index (χ2n) is 2.52. The van der Waals surface area contributed by atoms with Gasteiger partial charge in [0.05, 0.1) is 12.7 Å². The molecule has 0 aliphatic rings. The van der Waals surface area contributed by atoms with Crippen molar-refractivity contribution in [1.29, 1.82) is 0 Å². The normalized spacial score (nSPS) is 10.1. The van der Waals surface area contributed by atoms with Crippen LogP contribution in [-0.4, -0.2) is 33.2 Å². The molecule has 6 heteroatoms. The van der Waals surface area contributed by atoms with E-state index in [-0.39, 0.29) is 0 Å². The fourth-order valence-electron chi connectivity index (χ4n) is 1.02. The maximum absolute atomic E-state index is 11.1. The number of carbonyl (C=O) groups is 1. The molecule has 2 aromatic rings. The molecule has 0 spiro atoms. The van der Waals surface area contributed by atoms with Crippen LogP contribution < -0.4 is 0 Å². The zero-order valence-corrected chi connectivity index (χ0v) is 7.34. The highest BCUT2D eigenvalue weighted by atomic mass is 16.5. The minimum atomic E-state index is -0.446. The predicted molar refractivity (Wildman–Crippen MR) is 46.5 cm³/mol. The molecule has 6 nitrogen and oxygen atoms in total. The second kappa shape index (κ2) is 3.33. The number of rotatable bonds is 1. The SMILES string of the molecule is COC(=O)c1cnc2nncnc2c1. The summed E-state index contributed by atoms with van der Waals surface area (Å²) in [6.45, 7) is 0. The lowest BCUT2D eigenvalue weighted by molar-refractivity contribution is 0.0600. The van der Waals surface area contributed by atoms with E-state index in [1.165, 1.54) is 19.6 Å². The quantitative estimate of drug-likeness (QED) is 0.598. The lowest BCUT2D eigenvalue weighted by Gasteiger charge is -1.98. The Kier molecular flexibility index (Phi) is 2.02. The zero-order valence-electron chi connectivity index (χ0n) is 7.34. The first kappa shape index (κ1) is 8.49. The van der Waals surface area contributed by atoms with Crippen LogP contribution in [0.3, 0.4) is 0 Å². The van der Waals surface area contributed by atoms with Crippen molar-refractivity contribution in [3.63, 3.8) is 0 Å². The molecule has 0 saturated heterocycles. The van der Waals surface area contributed by atoms with E-state index in [2.05, 4.69) is 24.9 Å². The summed E-state index contributed by atoms with van der Waals surface area (Å²) in [7, 11) is 1.31. The molecular weight excluding hydrogens is 184 g/mol. The highest BCUT2D eigenvalue weighted by molar-refractivity contribution is 5.91. The smallest absolute Gasteiger partial charge is 0.339 e. The highest BCUT2D eigenvalue weighted by Crippen LogP contribution is 2.07. The first-order valence-electron chi connectivity index (χ1n) is 3.83. The van der Waals surface area contributed by atoms with Gasteiger partial charge < -0.3 is 4.74 Å². The Morgan fingerprint density at radius 2 is 2.29 bits per heavy atom. The predicted octanol–water partition coefficient (Wildman–Crippen LogP) is 0.206. The lowest BCUT2D eigenvalue weighted by Crippen LogP contribution is -2.02. The zero-order chi connectivity index (χ0) is 9.97. The number of hydrogen-bond donors (Lipinski definition) is 0. The Morgan fingerprint density at radius 3 is 3.07 bits per heavy atom. The number of aromatic nitrogens is 4. The van der Waals surface area contributed by atoms with Gasteiger partial charge in [0.15, 0.2) is 5.65 Å². The van der Waals surface area contributed by atoms with Crippen LogP contribution in [0.4, 0.5) is 0 Å². The Labute approximate surface area is 79.0 Å². The molecule has 70 valence electrons. The molecule has 0 amide bonds. The van der Waals surface area contributed by atoms with Crippen LogP contribution >= 0.6 is 0 Å². The topological polar surface area (TPSA) is 77.9 Å². The van der Waals surface area contributed by atoms with Crippen LogP contribution in [0.25, 0.3) is 11.2 Å². The molecule has 0 atom stereocenters. The number of esters is 1. The Balaban J connectivity index is 2.56. The van der Waals surface area contributed by atoms with Gasteiger partial charge in [-0.2, -0.15) is 0 Å². The van der Waals surface area contributed by atoms with Crippen molar-refractivity contribution in [3.8, 4) is 0 Å². The summed E-state index contributed by atoms with van der Waals surface area (Å²) in [6.07, 6.45) is 2.68. The molecule has 0 bridgehead atoms. The Bertz CT molecular complexity index is 485. The average Bonchev–Trinajstić information content (AvgIpc) is 2.27. The van der Waals surface area contributed by atoms with Crippen LogP contribution in [-0.2, 0) is 4.74 Å². The van der Waals surface area contributed by atoms with E-state index in [0.29, 0.717) is 16.7 Å². The van der Waals surface area contributed by atoms with Crippen molar-refractivity contribution in [2.45, 2.75) is 0 Å². The van der Waals surface area contributed by atoms with Gasteiger partial charge in [-0.05, 0) is 6.07 Å². The van der Waals surface area contributed by atoms with Gasteiger partial charge in [-0.15, -0.1) is 10.2 Å². The van der Waals surface area contributed by atoms with E-state index in [4.69, 9.17) is 0 Å². The summed E-state index contributed by atoms with van der Waals surface area (Å²) in [5.41, 5.74) is 1.27. The molecule has 0 fully saturated rings. The second-order valence-corrected chi connectivity index (χ2v) is 2.52. The number of ether oxygens (including phenoxy) is 1. The standard InChI is InChI=1S/C8H6N4O2/c1-14-8(13)5-2-6-7(9-3-5)12-11-4-10-6/h2-4H,1H3. The van der Waals surface area contributed by atoms with E-state index in [1.807, 2.05) is 0 Å². The van der Waals surface area contributed by atoms with E-state index in [1.54, 1.807) is 6.07 Å². The maximum Gasteiger partial charge on any atom is 0.339 e. The Hall–Kier alpha value is -2.11. The highest BCUT2D eigenvalue weighted by Gasteiger charge is 2.07. The van der Waals surface area contributed by atoms with Crippen molar-refractivity contribution in [1.82, 2.24) is 20.2 Å². The van der Waals surface area contributed by atoms with Gasteiger partial charge in [0, 0.05) is 6.20 Å². The monoisotopic (exact) mass is 190 g/mol. The first-order valence-corrected chi connectivity index (χ1v) is 3.83. The molecule has 0 aliphatic heterocycles. The van der Waals surface area contributed by atoms with Gasteiger partial charge >= 0.3 is 5.97 Å². The third kappa shape index (κ3) is 1.37. The van der Waals surface area contributed by atoms with Crippen LogP contribution in [0.2, 0.25) is 0 Å². The van der Waals surface area contributed by atoms with Gasteiger partial charge in [0.25, 0.3) is 0 Å². The minimum Gasteiger partial charge on any atom is -0.465 e.